The summed E-state index contributed by atoms with van der Waals surface area (Å²) in [6.07, 6.45) is 1.53. The Morgan fingerprint density at radius 2 is 1.97 bits per heavy atom. The van der Waals surface area contributed by atoms with Crippen molar-refractivity contribution in [2.75, 3.05) is 32.8 Å². The zero-order valence-electron chi connectivity index (χ0n) is 15.9. The lowest BCUT2D eigenvalue weighted by Gasteiger charge is -2.47. The van der Waals surface area contributed by atoms with Gasteiger partial charge in [0.15, 0.2) is 0 Å². The van der Waals surface area contributed by atoms with Crippen LogP contribution in [0.5, 0.6) is 0 Å². The lowest BCUT2D eigenvalue weighted by atomic mass is 9.89. The molecule has 5 nitrogen and oxygen atoms in total. The smallest absolute Gasteiger partial charge is 0.254 e. The van der Waals surface area contributed by atoms with Crippen LogP contribution < -0.4 is 0 Å². The number of amides is 2. The number of ether oxygens (including phenoxy) is 1. The summed E-state index contributed by atoms with van der Waals surface area (Å²) in [5, 5.41) is 4.03. The van der Waals surface area contributed by atoms with Crippen LogP contribution in [0.4, 0.5) is 4.39 Å². The van der Waals surface area contributed by atoms with Crippen LogP contribution in [0.2, 0.25) is 5.02 Å². The maximum Gasteiger partial charge on any atom is 0.254 e. The Balaban J connectivity index is 1.37. The van der Waals surface area contributed by atoms with Crippen LogP contribution in [0, 0.1) is 5.82 Å². The molecule has 2 amide bonds. The number of rotatable bonds is 3. The first-order chi connectivity index (χ1) is 14.0. The highest BCUT2D eigenvalue weighted by Crippen LogP contribution is 2.31. The highest BCUT2D eigenvalue weighted by molar-refractivity contribution is 7.08. The number of benzene rings is 1. The van der Waals surface area contributed by atoms with E-state index in [9.17, 15) is 14.0 Å². The number of carbonyl (C=O) groups is 2. The van der Waals surface area contributed by atoms with Crippen LogP contribution in [-0.2, 0) is 16.0 Å². The summed E-state index contributed by atoms with van der Waals surface area (Å²) in [4.78, 5) is 29.0. The van der Waals surface area contributed by atoms with E-state index in [2.05, 4.69) is 0 Å². The van der Waals surface area contributed by atoms with Crippen LogP contribution in [0.25, 0.3) is 0 Å². The van der Waals surface area contributed by atoms with Crippen molar-refractivity contribution in [3.8, 4) is 0 Å². The lowest BCUT2D eigenvalue weighted by molar-refractivity contribution is -0.157. The third-order valence-corrected chi connectivity index (χ3v) is 6.72. The molecule has 0 N–H and O–H groups in total. The molecule has 154 valence electrons. The Morgan fingerprint density at radius 1 is 1.17 bits per heavy atom. The fraction of sp³-hybridized carbons (Fsp3) is 0.429. The van der Waals surface area contributed by atoms with E-state index >= 15 is 0 Å². The number of halogens is 2. The van der Waals surface area contributed by atoms with Gasteiger partial charge >= 0.3 is 0 Å². The zero-order valence-corrected chi connectivity index (χ0v) is 17.5. The standard InChI is InChI=1S/C21H22ClFN2O3S/c22-18-12-17(23)2-1-15(18)11-19(26)25-8-9-28-21(14-25)4-6-24(7-5-21)20(27)16-3-10-29-13-16/h1-3,10,12-13H,4-9,11,14H2. The van der Waals surface area contributed by atoms with Crippen LogP contribution in [0.3, 0.4) is 0 Å². The summed E-state index contributed by atoms with van der Waals surface area (Å²) in [7, 11) is 0. The third kappa shape index (κ3) is 4.47. The number of carbonyl (C=O) groups excluding carboxylic acids is 2. The minimum Gasteiger partial charge on any atom is -0.371 e. The maximum absolute atomic E-state index is 13.2. The average molecular weight is 437 g/mol. The second-order valence-corrected chi connectivity index (χ2v) is 8.75. The highest BCUT2D eigenvalue weighted by atomic mass is 35.5. The number of nitrogens with zero attached hydrogens (tertiary/aromatic N) is 2. The SMILES string of the molecule is O=C(Cc1ccc(F)cc1Cl)N1CCOC2(CCN(C(=O)c3ccsc3)CC2)C1. The van der Waals surface area contributed by atoms with Gasteiger partial charge in [0.05, 0.1) is 24.2 Å². The van der Waals surface area contributed by atoms with E-state index in [1.807, 2.05) is 21.7 Å². The van der Waals surface area contributed by atoms with E-state index in [0.717, 1.165) is 5.56 Å². The molecule has 8 heteroatoms. The first-order valence-corrected chi connectivity index (χ1v) is 10.9. The molecule has 0 atom stereocenters. The van der Waals surface area contributed by atoms with Crippen LogP contribution in [-0.4, -0.2) is 60.0 Å². The van der Waals surface area contributed by atoms with Crippen molar-refractivity contribution in [1.82, 2.24) is 9.80 Å². The minimum absolute atomic E-state index is 0.0436. The Bertz CT molecular complexity index is 897. The summed E-state index contributed by atoms with van der Waals surface area (Å²) < 4.78 is 19.3. The van der Waals surface area contributed by atoms with Gasteiger partial charge in [-0.15, -0.1) is 0 Å². The van der Waals surface area contributed by atoms with Crippen molar-refractivity contribution in [1.29, 1.82) is 0 Å². The van der Waals surface area contributed by atoms with Gasteiger partial charge in [-0.1, -0.05) is 17.7 Å². The van der Waals surface area contributed by atoms with E-state index in [1.165, 1.54) is 23.5 Å². The summed E-state index contributed by atoms with van der Waals surface area (Å²) in [5.74, 6) is -0.408. The molecule has 2 fully saturated rings. The Labute approximate surface area is 178 Å². The molecule has 2 aromatic rings. The molecular weight excluding hydrogens is 415 g/mol. The average Bonchev–Trinajstić information content (AvgIpc) is 3.25. The van der Waals surface area contributed by atoms with E-state index in [4.69, 9.17) is 16.3 Å². The Kier molecular flexibility index (Phi) is 5.90. The molecule has 1 aromatic heterocycles. The molecule has 2 aliphatic rings. The lowest BCUT2D eigenvalue weighted by Crippen LogP contribution is -2.58. The third-order valence-electron chi connectivity index (χ3n) is 5.69. The first-order valence-electron chi connectivity index (χ1n) is 9.63. The van der Waals surface area contributed by atoms with Gasteiger partial charge in [-0.05, 0) is 42.0 Å². The molecular formula is C21H22ClFN2O3S. The fourth-order valence-corrected chi connectivity index (χ4v) is 4.85. The van der Waals surface area contributed by atoms with Crippen molar-refractivity contribution in [2.24, 2.45) is 0 Å². The van der Waals surface area contributed by atoms with Crippen LogP contribution in [0.15, 0.2) is 35.0 Å². The number of hydrogen-bond acceptors (Lipinski definition) is 4. The predicted octanol–water partition coefficient (Wildman–Crippen LogP) is 3.62. The Morgan fingerprint density at radius 3 is 2.66 bits per heavy atom. The first kappa shape index (κ1) is 20.3. The summed E-state index contributed by atoms with van der Waals surface area (Å²) in [6, 6.07) is 5.94. The van der Waals surface area contributed by atoms with E-state index < -0.39 is 11.4 Å². The van der Waals surface area contributed by atoms with E-state index in [-0.39, 0.29) is 23.3 Å². The Hall–Kier alpha value is -1.96. The maximum atomic E-state index is 13.2. The van der Waals surface area contributed by atoms with Crippen LogP contribution in [0.1, 0.15) is 28.8 Å². The van der Waals surface area contributed by atoms with Crippen molar-refractivity contribution in [3.63, 3.8) is 0 Å². The fourth-order valence-electron chi connectivity index (χ4n) is 3.99. The van der Waals surface area contributed by atoms with Crippen molar-refractivity contribution in [3.05, 3.63) is 57.0 Å². The van der Waals surface area contributed by atoms with Gasteiger partial charge in [0.1, 0.15) is 5.82 Å². The van der Waals surface area contributed by atoms with Crippen molar-refractivity contribution >= 4 is 34.8 Å². The summed E-state index contributed by atoms with van der Waals surface area (Å²) in [5.41, 5.74) is 0.935. The molecule has 4 rings (SSSR count). The molecule has 0 aliphatic carbocycles. The number of morpholine rings is 1. The van der Waals surface area contributed by atoms with Crippen LogP contribution >= 0.6 is 22.9 Å². The van der Waals surface area contributed by atoms with E-state index in [1.54, 1.807) is 11.0 Å². The topological polar surface area (TPSA) is 49.9 Å². The highest BCUT2D eigenvalue weighted by Gasteiger charge is 2.41. The molecule has 3 heterocycles. The summed E-state index contributed by atoms with van der Waals surface area (Å²) in [6.45, 7) is 2.73. The molecule has 2 saturated heterocycles. The van der Waals surface area contributed by atoms with Gasteiger partial charge < -0.3 is 14.5 Å². The quantitative estimate of drug-likeness (QED) is 0.738. The molecule has 1 spiro atoms. The molecule has 29 heavy (non-hydrogen) atoms. The van der Waals surface area contributed by atoms with Gasteiger partial charge in [0, 0.05) is 36.6 Å². The predicted molar refractivity (Wildman–Crippen MR) is 110 cm³/mol. The number of piperidine rings is 1. The van der Waals surface area contributed by atoms with Gasteiger partial charge in [-0.2, -0.15) is 11.3 Å². The summed E-state index contributed by atoms with van der Waals surface area (Å²) >= 11 is 7.58. The monoisotopic (exact) mass is 436 g/mol. The van der Waals surface area contributed by atoms with Crippen molar-refractivity contribution in [2.45, 2.75) is 24.9 Å². The van der Waals surface area contributed by atoms with Gasteiger partial charge in [0.25, 0.3) is 5.91 Å². The molecule has 0 radical (unpaired) electrons. The second-order valence-electron chi connectivity index (χ2n) is 7.56. The molecule has 2 aliphatic heterocycles. The molecule has 0 bridgehead atoms. The second kappa shape index (κ2) is 8.42. The van der Waals surface area contributed by atoms with Gasteiger partial charge in [-0.3, -0.25) is 9.59 Å². The number of thiophene rings is 1. The van der Waals surface area contributed by atoms with Crippen molar-refractivity contribution < 1.29 is 18.7 Å². The van der Waals surface area contributed by atoms with E-state index in [0.29, 0.717) is 51.2 Å². The number of hydrogen-bond donors (Lipinski definition) is 0. The number of likely N-dealkylation sites (tertiary alicyclic amines) is 1. The zero-order chi connectivity index (χ0) is 20.4. The van der Waals surface area contributed by atoms with Gasteiger partial charge in [-0.25, -0.2) is 4.39 Å². The molecule has 0 unspecified atom stereocenters. The molecule has 1 aromatic carbocycles. The van der Waals surface area contributed by atoms with Gasteiger partial charge in [0.2, 0.25) is 5.91 Å². The molecule has 0 saturated carbocycles. The largest absolute Gasteiger partial charge is 0.371 e. The minimum atomic E-state index is -0.416. The normalized spacial score (nSPS) is 18.8.